The van der Waals surface area contributed by atoms with Gasteiger partial charge in [0.2, 0.25) is 0 Å². The molecule has 0 aromatic carbocycles. The summed E-state index contributed by atoms with van der Waals surface area (Å²) in [6.07, 6.45) is -2.92. The maximum atomic E-state index is 12.8. The van der Waals surface area contributed by atoms with Crippen molar-refractivity contribution in [3.8, 4) is 6.07 Å². The largest absolute Gasteiger partial charge is 0.462 e. The molecule has 1 heterocycles. The number of pyridine rings is 1. The van der Waals surface area contributed by atoms with Crippen LogP contribution in [0.15, 0.2) is 6.07 Å². The van der Waals surface area contributed by atoms with Crippen LogP contribution in [0, 0.1) is 11.3 Å². The lowest BCUT2D eigenvalue weighted by atomic mass is 10.1. The highest BCUT2D eigenvalue weighted by Crippen LogP contribution is 2.26. The molecule has 0 atom stereocenters. The fourth-order valence-electron chi connectivity index (χ4n) is 1.36. The topological polar surface area (TPSA) is 63.0 Å². The molecule has 0 aliphatic rings. The van der Waals surface area contributed by atoms with E-state index in [0.717, 1.165) is 6.07 Å². The van der Waals surface area contributed by atoms with E-state index in [2.05, 4.69) is 4.98 Å². The smallest absolute Gasteiger partial charge is 0.338 e. The summed E-state index contributed by atoms with van der Waals surface area (Å²) >= 11 is 5.56. The summed E-state index contributed by atoms with van der Waals surface area (Å²) in [6.45, 7) is 1.67. The maximum absolute atomic E-state index is 12.8. The molecule has 0 saturated carbocycles. The Kier molecular flexibility index (Phi) is 4.98. The van der Waals surface area contributed by atoms with Crippen molar-refractivity contribution >= 4 is 17.6 Å². The van der Waals surface area contributed by atoms with Crippen LogP contribution in [0.25, 0.3) is 0 Å². The molecule has 1 aromatic heterocycles. The first-order chi connectivity index (χ1) is 8.54. The lowest BCUT2D eigenvalue weighted by molar-refractivity contribution is 0.0524. The molecule has 1 rings (SSSR count). The monoisotopic (exact) mass is 274 g/mol. The summed E-state index contributed by atoms with van der Waals surface area (Å²) in [5.74, 6) is -1.11. The lowest BCUT2D eigenvalue weighted by Crippen LogP contribution is -2.12. The molecule has 0 spiro atoms. The Hall–Kier alpha value is -1.74. The van der Waals surface area contributed by atoms with E-state index < -0.39 is 18.1 Å². The SMILES string of the molecule is CCOC(=O)c1cc(C#N)nc(C(F)F)c1CCl. The zero-order chi connectivity index (χ0) is 13.7. The molecule has 1 aromatic rings. The Morgan fingerprint density at radius 2 is 2.33 bits per heavy atom. The van der Waals surface area contributed by atoms with Crippen LogP contribution >= 0.6 is 11.6 Å². The van der Waals surface area contributed by atoms with E-state index in [0.29, 0.717) is 0 Å². The molecule has 4 nitrogen and oxygen atoms in total. The standard InChI is InChI=1S/C11H9ClF2N2O2/c1-2-18-11(17)7-3-6(5-15)16-9(10(13)14)8(7)4-12/h3,10H,2,4H2,1H3. The van der Waals surface area contributed by atoms with Gasteiger partial charge in [-0.1, -0.05) is 0 Å². The van der Waals surface area contributed by atoms with Crippen molar-refractivity contribution in [2.75, 3.05) is 6.61 Å². The van der Waals surface area contributed by atoms with Crippen molar-refractivity contribution in [1.29, 1.82) is 5.26 Å². The number of carbonyl (C=O) groups excluding carboxylic acids is 1. The minimum Gasteiger partial charge on any atom is -0.462 e. The van der Waals surface area contributed by atoms with Gasteiger partial charge in [-0.3, -0.25) is 0 Å². The number of nitriles is 1. The molecular weight excluding hydrogens is 266 g/mol. The third-order valence-corrected chi connectivity index (χ3v) is 2.37. The number of aromatic nitrogens is 1. The summed E-state index contributed by atoms with van der Waals surface area (Å²) in [5.41, 5.74) is -1.19. The molecule has 0 radical (unpaired) electrons. The third kappa shape index (κ3) is 2.93. The summed E-state index contributed by atoms with van der Waals surface area (Å²) in [6, 6.07) is 2.71. The second-order valence-electron chi connectivity index (χ2n) is 3.19. The average Bonchev–Trinajstić information content (AvgIpc) is 2.37. The Bertz CT molecular complexity index is 501. The van der Waals surface area contributed by atoms with Crippen molar-refractivity contribution < 1.29 is 18.3 Å². The molecule has 96 valence electrons. The molecule has 0 aliphatic carbocycles. The molecule has 0 amide bonds. The van der Waals surface area contributed by atoms with Crippen molar-refractivity contribution in [3.63, 3.8) is 0 Å². The quantitative estimate of drug-likeness (QED) is 0.625. The van der Waals surface area contributed by atoms with E-state index in [1.807, 2.05) is 0 Å². The van der Waals surface area contributed by atoms with E-state index >= 15 is 0 Å². The molecule has 0 aliphatic heterocycles. The first-order valence-corrected chi connectivity index (χ1v) is 5.53. The van der Waals surface area contributed by atoms with Crippen LogP contribution < -0.4 is 0 Å². The van der Waals surface area contributed by atoms with Crippen molar-refractivity contribution in [2.24, 2.45) is 0 Å². The summed E-state index contributed by atoms with van der Waals surface area (Å²) in [4.78, 5) is 15.1. The number of esters is 1. The Morgan fingerprint density at radius 3 is 2.78 bits per heavy atom. The van der Waals surface area contributed by atoms with Crippen molar-refractivity contribution in [1.82, 2.24) is 4.98 Å². The predicted octanol–water partition coefficient (Wildman–Crippen LogP) is 2.81. The van der Waals surface area contributed by atoms with Crippen LogP contribution in [0.1, 0.15) is 40.7 Å². The number of rotatable bonds is 4. The number of hydrogen-bond donors (Lipinski definition) is 0. The van der Waals surface area contributed by atoms with E-state index in [1.54, 1.807) is 13.0 Å². The highest BCUT2D eigenvalue weighted by Gasteiger charge is 2.23. The van der Waals surface area contributed by atoms with Crippen LogP contribution in [-0.2, 0) is 10.6 Å². The number of ether oxygens (including phenoxy) is 1. The Labute approximate surface area is 107 Å². The molecule has 0 saturated heterocycles. The summed E-state index contributed by atoms with van der Waals surface area (Å²) in [5, 5.41) is 8.70. The summed E-state index contributed by atoms with van der Waals surface area (Å²) in [7, 11) is 0. The summed E-state index contributed by atoms with van der Waals surface area (Å²) < 4.78 is 30.3. The predicted molar refractivity (Wildman–Crippen MR) is 59.4 cm³/mol. The first-order valence-electron chi connectivity index (χ1n) is 5.00. The van der Waals surface area contributed by atoms with Gasteiger partial charge in [0.15, 0.2) is 0 Å². The van der Waals surface area contributed by atoms with E-state index in [-0.39, 0.29) is 29.3 Å². The fourth-order valence-corrected chi connectivity index (χ4v) is 1.64. The zero-order valence-corrected chi connectivity index (χ0v) is 10.2. The minimum atomic E-state index is -2.92. The Balaban J connectivity index is 3.43. The van der Waals surface area contributed by atoms with E-state index in [4.69, 9.17) is 21.6 Å². The highest BCUT2D eigenvalue weighted by molar-refractivity contribution is 6.17. The molecule has 0 fully saturated rings. The molecule has 7 heteroatoms. The Morgan fingerprint density at radius 1 is 1.67 bits per heavy atom. The second kappa shape index (κ2) is 6.26. The van der Waals surface area contributed by atoms with Crippen LogP contribution in [0.3, 0.4) is 0 Å². The molecule has 0 unspecified atom stereocenters. The number of halogens is 3. The molecule has 18 heavy (non-hydrogen) atoms. The van der Waals surface area contributed by atoms with E-state index in [1.165, 1.54) is 0 Å². The number of carbonyl (C=O) groups is 1. The number of hydrogen-bond acceptors (Lipinski definition) is 4. The third-order valence-electron chi connectivity index (χ3n) is 2.11. The normalized spacial score (nSPS) is 10.2. The molecular formula is C11H9ClF2N2O2. The zero-order valence-electron chi connectivity index (χ0n) is 9.41. The lowest BCUT2D eigenvalue weighted by Gasteiger charge is -2.11. The maximum Gasteiger partial charge on any atom is 0.338 e. The second-order valence-corrected chi connectivity index (χ2v) is 3.45. The van der Waals surface area contributed by atoms with Gasteiger partial charge < -0.3 is 4.74 Å². The van der Waals surface area contributed by atoms with Crippen LogP contribution in [0.4, 0.5) is 8.78 Å². The first kappa shape index (κ1) is 14.3. The van der Waals surface area contributed by atoms with Gasteiger partial charge in [0.1, 0.15) is 17.5 Å². The van der Waals surface area contributed by atoms with Crippen LogP contribution in [0.5, 0.6) is 0 Å². The van der Waals surface area contributed by atoms with Crippen LogP contribution in [-0.4, -0.2) is 17.6 Å². The molecule has 0 bridgehead atoms. The van der Waals surface area contributed by atoms with Gasteiger partial charge in [-0.25, -0.2) is 18.6 Å². The van der Waals surface area contributed by atoms with Gasteiger partial charge in [0, 0.05) is 5.56 Å². The van der Waals surface area contributed by atoms with Gasteiger partial charge in [0.05, 0.1) is 18.1 Å². The van der Waals surface area contributed by atoms with Crippen molar-refractivity contribution in [3.05, 3.63) is 28.6 Å². The number of alkyl halides is 3. The van der Waals surface area contributed by atoms with Crippen molar-refractivity contribution in [2.45, 2.75) is 19.2 Å². The van der Waals surface area contributed by atoms with Gasteiger partial charge in [-0.15, -0.1) is 11.6 Å². The highest BCUT2D eigenvalue weighted by atomic mass is 35.5. The van der Waals surface area contributed by atoms with Crippen LogP contribution in [0.2, 0.25) is 0 Å². The average molecular weight is 275 g/mol. The fraction of sp³-hybridized carbons (Fsp3) is 0.364. The van der Waals surface area contributed by atoms with Gasteiger partial charge >= 0.3 is 5.97 Å². The van der Waals surface area contributed by atoms with Gasteiger partial charge in [0.25, 0.3) is 6.43 Å². The van der Waals surface area contributed by atoms with E-state index in [9.17, 15) is 13.6 Å². The van der Waals surface area contributed by atoms with Gasteiger partial charge in [-0.05, 0) is 13.0 Å². The minimum absolute atomic E-state index is 0.0920. The van der Waals surface area contributed by atoms with Gasteiger partial charge in [-0.2, -0.15) is 5.26 Å². The molecule has 0 N–H and O–H groups in total. The number of nitrogens with zero attached hydrogens (tertiary/aromatic N) is 2.